The number of hydrogen-bond acceptors (Lipinski definition) is 5. The number of thiophene rings is 1. The van der Waals surface area contributed by atoms with Gasteiger partial charge in [-0.25, -0.2) is 9.37 Å². The number of hydrogen-bond donors (Lipinski definition) is 1. The van der Waals surface area contributed by atoms with Crippen molar-refractivity contribution in [2.45, 2.75) is 18.6 Å². The number of nitrogens with one attached hydrogen (secondary N) is 1. The molecular formula is C16H13ClFN3O2S2. The number of rotatable bonds is 5. The quantitative estimate of drug-likeness (QED) is 0.522. The van der Waals surface area contributed by atoms with Gasteiger partial charge in [0, 0.05) is 6.54 Å². The maximum atomic E-state index is 13.2. The van der Waals surface area contributed by atoms with Crippen LogP contribution in [-0.2, 0) is 11.3 Å². The van der Waals surface area contributed by atoms with Crippen LogP contribution in [0.25, 0.3) is 10.2 Å². The van der Waals surface area contributed by atoms with E-state index >= 15 is 0 Å². The van der Waals surface area contributed by atoms with Crippen LogP contribution in [0.3, 0.4) is 0 Å². The Morgan fingerprint density at radius 1 is 1.44 bits per heavy atom. The summed E-state index contributed by atoms with van der Waals surface area (Å²) in [4.78, 5) is 29.0. The number of benzene rings is 1. The summed E-state index contributed by atoms with van der Waals surface area (Å²) in [5.74, 6) is -0.828. The smallest absolute Gasteiger partial charge is 0.272 e. The van der Waals surface area contributed by atoms with Gasteiger partial charge in [-0.1, -0.05) is 23.4 Å². The second-order valence-corrected chi connectivity index (χ2v) is 7.31. The molecule has 1 aromatic carbocycles. The van der Waals surface area contributed by atoms with Gasteiger partial charge in [-0.2, -0.15) is 0 Å². The molecule has 130 valence electrons. The van der Waals surface area contributed by atoms with E-state index < -0.39 is 5.82 Å². The van der Waals surface area contributed by atoms with Gasteiger partial charge in [0.15, 0.2) is 5.16 Å². The van der Waals surface area contributed by atoms with E-state index in [-0.39, 0.29) is 27.9 Å². The number of thioether (sulfide) groups is 1. The molecule has 0 aliphatic heterocycles. The molecule has 1 amide bonds. The number of nitrogens with zero attached hydrogens (tertiary/aromatic N) is 2. The zero-order valence-corrected chi connectivity index (χ0v) is 15.5. The molecular weight excluding hydrogens is 385 g/mol. The molecule has 1 N–H and O–H groups in total. The van der Waals surface area contributed by atoms with Crippen LogP contribution < -0.4 is 10.9 Å². The third-order valence-electron chi connectivity index (χ3n) is 3.38. The first-order valence-electron chi connectivity index (χ1n) is 7.35. The highest BCUT2D eigenvalue weighted by Crippen LogP contribution is 2.24. The standard InChI is InChI=1S/C16H13ClFN3O2S2/c1-2-21-15(23)14-11(5-6-24-14)20-16(21)25-8-13(22)19-12-7-9(18)3-4-10(12)17/h3-7H,2,8H2,1H3,(H,19,22). The molecule has 3 rings (SSSR count). The molecule has 2 heterocycles. The predicted molar refractivity (Wildman–Crippen MR) is 100 cm³/mol. The molecule has 9 heteroatoms. The minimum atomic E-state index is -0.489. The maximum Gasteiger partial charge on any atom is 0.272 e. The van der Waals surface area contributed by atoms with Crippen molar-refractivity contribution in [1.82, 2.24) is 9.55 Å². The minimum Gasteiger partial charge on any atom is -0.324 e. The van der Waals surface area contributed by atoms with Gasteiger partial charge in [-0.05, 0) is 36.6 Å². The SMILES string of the molecule is CCn1c(SCC(=O)Nc2cc(F)ccc2Cl)nc2ccsc2c1=O. The van der Waals surface area contributed by atoms with E-state index in [4.69, 9.17) is 11.6 Å². The van der Waals surface area contributed by atoms with Gasteiger partial charge >= 0.3 is 0 Å². The van der Waals surface area contributed by atoms with Crippen molar-refractivity contribution in [2.24, 2.45) is 0 Å². The minimum absolute atomic E-state index is 0.0227. The van der Waals surface area contributed by atoms with Crippen molar-refractivity contribution in [3.63, 3.8) is 0 Å². The molecule has 0 fully saturated rings. The van der Waals surface area contributed by atoms with E-state index in [0.717, 1.165) is 17.8 Å². The number of anilines is 1. The van der Waals surface area contributed by atoms with Crippen LogP contribution in [-0.4, -0.2) is 21.2 Å². The lowest BCUT2D eigenvalue weighted by Crippen LogP contribution is -2.22. The molecule has 0 unspecified atom stereocenters. The van der Waals surface area contributed by atoms with Crippen LogP contribution in [0, 0.1) is 5.82 Å². The summed E-state index contributed by atoms with van der Waals surface area (Å²) in [6.45, 7) is 2.30. The lowest BCUT2D eigenvalue weighted by atomic mass is 10.3. The number of amides is 1. The summed E-state index contributed by atoms with van der Waals surface area (Å²) in [5.41, 5.74) is 0.718. The third kappa shape index (κ3) is 3.86. The molecule has 0 spiro atoms. The van der Waals surface area contributed by atoms with Crippen LogP contribution in [0.4, 0.5) is 10.1 Å². The Labute approximate surface area is 155 Å². The Bertz CT molecular complexity index is 1000. The molecule has 2 aromatic heterocycles. The predicted octanol–water partition coefficient (Wildman–Crippen LogP) is 4.00. The Balaban J connectivity index is 1.77. The Morgan fingerprint density at radius 2 is 2.24 bits per heavy atom. The second-order valence-electron chi connectivity index (χ2n) is 5.04. The van der Waals surface area contributed by atoms with Crippen molar-refractivity contribution in [1.29, 1.82) is 0 Å². The summed E-state index contributed by atoms with van der Waals surface area (Å²) < 4.78 is 15.4. The summed E-state index contributed by atoms with van der Waals surface area (Å²) in [6, 6.07) is 5.52. The van der Waals surface area contributed by atoms with Crippen molar-refractivity contribution < 1.29 is 9.18 Å². The lowest BCUT2D eigenvalue weighted by molar-refractivity contribution is -0.113. The first-order chi connectivity index (χ1) is 12.0. The average Bonchev–Trinajstić information content (AvgIpc) is 3.05. The number of fused-ring (bicyclic) bond motifs is 1. The van der Waals surface area contributed by atoms with E-state index in [9.17, 15) is 14.0 Å². The van der Waals surface area contributed by atoms with Crippen molar-refractivity contribution in [3.05, 3.63) is 50.8 Å². The van der Waals surface area contributed by atoms with Gasteiger partial charge in [0.2, 0.25) is 5.91 Å². The Hall–Kier alpha value is -1.90. The van der Waals surface area contributed by atoms with E-state index in [1.807, 2.05) is 12.3 Å². The van der Waals surface area contributed by atoms with Crippen LogP contribution in [0.2, 0.25) is 5.02 Å². The lowest BCUT2D eigenvalue weighted by Gasteiger charge is -2.10. The zero-order chi connectivity index (χ0) is 18.0. The highest BCUT2D eigenvalue weighted by molar-refractivity contribution is 7.99. The molecule has 0 atom stereocenters. The monoisotopic (exact) mass is 397 g/mol. The summed E-state index contributed by atoms with van der Waals surface area (Å²) in [6.07, 6.45) is 0. The first-order valence-corrected chi connectivity index (χ1v) is 9.59. The first kappa shape index (κ1) is 17.9. The van der Waals surface area contributed by atoms with Gasteiger partial charge in [-0.15, -0.1) is 11.3 Å². The third-order valence-corrected chi connectivity index (χ3v) is 5.58. The molecule has 0 saturated heterocycles. The largest absolute Gasteiger partial charge is 0.324 e. The average molecular weight is 398 g/mol. The number of carbonyl (C=O) groups excluding carboxylic acids is 1. The van der Waals surface area contributed by atoms with Crippen LogP contribution in [0.15, 0.2) is 39.6 Å². The van der Waals surface area contributed by atoms with Gasteiger partial charge in [0.1, 0.15) is 10.5 Å². The van der Waals surface area contributed by atoms with Crippen LogP contribution >= 0.6 is 34.7 Å². The van der Waals surface area contributed by atoms with E-state index in [1.54, 1.807) is 6.07 Å². The van der Waals surface area contributed by atoms with Crippen LogP contribution in [0.1, 0.15) is 6.92 Å². The van der Waals surface area contributed by atoms with Gasteiger partial charge in [0.05, 0.1) is 22.0 Å². The molecule has 0 radical (unpaired) electrons. The molecule has 0 aliphatic carbocycles. The van der Waals surface area contributed by atoms with Crippen molar-refractivity contribution in [2.75, 3.05) is 11.1 Å². The second kappa shape index (κ2) is 7.55. The summed E-state index contributed by atoms with van der Waals surface area (Å²) in [7, 11) is 0. The zero-order valence-electron chi connectivity index (χ0n) is 13.1. The molecule has 5 nitrogen and oxygen atoms in total. The molecule has 0 aliphatic rings. The van der Waals surface area contributed by atoms with E-state index in [2.05, 4.69) is 10.3 Å². The fraction of sp³-hybridized carbons (Fsp3) is 0.188. The molecule has 0 bridgehead atoms. The maximum absolute atomic E-state index is 13.2. The molecule has 0 saturated carbocycles. The number of carbonyl (C=O) groups is 1. The van der Waals surface area contributed by atoms with E-state index in [0.29, 0.717) is 21.9 Å². The summed E-state index contributed by atoms with van der Waals surface area (Å²) in [5, 5.41) is 5.10. The normalized spacial score (nSPS) is 11.0. The van der Waals surface area contributed by atoms with Crippen molar-refractivity contribution in [3.8, 4) is 0 Å². The fourth-order valence-electron chi connectivity index (χ4n) is 2.22. The highest BCUT2D eigenvalue weighted by atomic mass is 35.5. The molecule has 3 aromatic rings. The number of aromatic nitrogens is 2. The van der Waals surface area contributed by atoms with Gasteiger partial charge in [0.25, 0.3) is 5.56 Å². The summed E-state index contributed by atoms with van der Waals surface area (Å²) >= 11 is 8.43. The van der Waals surface area contributed by atoms with Gasteiger partial charge < -0.3 is 5.32 Å². The Kier molecular flexibility index (Phi) is 5.41. The Morgan fingerprint density at radius 3 is 3.00 bits per heavy atom. The van der Waals surface area contributed by atoms with Gasteiger partial charge in [-0.3, -0.25) is 14.2 Å². The van der Waals surface area contributed by atoms with Crippen LogP contribution in [0.5, 0.6) is 0 Å². The number of halogens is 2. The molecule has 25 heavy (non-hydrogen) atoms. The van der Waals surface area contributed by atoms with E-state index in [1.165, 1.54) is 28.0 Å². The highest BCUT2D eigenvalue weighted by Gasteiger charge is 2.14. The fourth-order valence-corrected chi connectivity index (χ4v) is 4.03. The topological polar surface area (TPSA) is 64.0 Å². The van der Waals surface area contributed by atoms with Crippen molar-refractivity contribution >= 4 is 56.5 Å².